The molecule has 0 radical (unpaired) electrons. The molecule has 0 unspecified atom stereocenters. The van der Waals surface area contributed by atoms with Crippen LogP contribution in [-0.4, -0.2) is 21.3 Å². The van der Waals surface area contributed by atoms with Gasteiger partial charge in [-0.2, -0.15) is 0 Å². The van der Waals surface area contributed by atoms with E-state index in [0.717, 1.165) is 0 Å². The number of ether oxygens (including phenoxy) is 1. The van der Waals surface area contributed by atoms with Gasteiger partial charge in [-0.3, -0.25) is 0 Å². The fourth-order valence-corrected chi connectivity index (χ4v) is 1.30. The first-order chi connectivity index (χ1) is 8.69. The lowest BCUT2D eigenvalue weighted by atomic mass is 10.2. The van der Waals surface area contributed by atoms with Crippen LogP contribution in [0.1, 0.15) is 29.1 Å². The number of rotatable bonds is 4. The SMILES string of the molecule is CCc1nnc(COC(=O)c2ccc(O)cc2)o1. The second-order valence-corrected chi connectivity index (χ2v) is 3.57. The fourth-order valence-electron chi connectivity index (χ4n) is 1.30. The van der Waals surface area contributed by atoms with Gasteiger partial charge in [-0.25, -0.2) is 4.79 Å². The highest BCUT2D eigenvalue weighted by Crippen LogP contribution is 2.11. The third-order valence-corrected chi connectivity index (χ3v) is 2.24. The van der Waals surface area contributed by atoms with Crippen molar-refractivity contribution in [2.75, 3.05) is 0 Å². The average Bonchev–Trinajstić information content (AvgIpc) is 2.85. The predicted molar refractivity (Wildman–Crippen MR) is 60.9 cm³/mol. The standard InChI is InChI=1S/C12H12N2O4/c1-2-10-13-14-11(18-10)7-17-12(16)8-3-5-9(15)6-4-8/h3-6,15H,2,7H2,1H3. The van der Waals surface area contributed by atoms with Crippen molar-refractivity contribution in [3.05, 3.63) is 41.6 Å². The van der Waals surface area contributed by atoms with Gasteiger partial charge in [0.15, 0.2) is 6.61 Å². The molecule has 1 aromatic heterocycles. The molecule has 0 spiro atoms. The van der Waals surface area contributed by atoms with E-state index in [4.69, 9.17) is 14.3 Å². The van der Waals surface area contributed by atoms with Gasteiger partial charge in [0.1, 0.15) is 5.75 Å². The molecule has 0 amide bonds. The Morgan fingerprint density at radius 3 is 2.56 bits per heavy atom. The number of aromatic hydroxyl groups is 1. The summed E-state index contributed by atoms with van der Waals surface area (Å²) in [6.45, 7) is 1.83. The molecule has 0 saturated carbocycles. The van der Waals surface area contributed by atoms with Crippen LogP contribution < -0.4 is 0 Å². The number of benzene rings is 1. The number of phenolic OH excluding ortho intramolecular Hbond substituents is 1. The van der Waals surface area contributed by atoms with E-state index < -0.39 is 5.97 Å². The highest BCUT2D eigenvalue weighted by atomic mass is 16.5. The number of aryl methyl sites for hydroxylation is 1. The molecule has 0 bridgehead atoms. The van der Waals surface area contributed by atoms with Crippen molar-refractivity contribution in [3.63, 3.8) is 0 Å². The quantitative estimate of drug-likeness (QED) is 0.829. The van der Waals surface area contributed by atoms with E-state index in [1.54, 1.807) is 0 Å². The maximum absolute atomic E-state index is 11.6. The maximum atomic E-state index is 11.6. The maximum Gasteiger partial charge on any atom is 0.338 e. The highest BCUT2D eigenvalue weighted by Gasteiger charge is 2.10. The van der Waals surface area contributed by atoms with Gasteiger partial charge in [-0.15, -0.1) is 10.2 Å². The van der Waals surface area contributed by atoms with Crippen LogP contribution in [0.4, 0.5) is 0 Å². The first-order valence-electron chi connectivity index (χ1n) is 5.46. The van der Waals surface area contributed by atoms with Crippen molar-refractivity contribution >= 4 is 5.97 Å². The summed E-state index contributed by atoms with van der Waals surface area (Å²) in [6, 6.07) is 5.78. The summed E-state index contributed by atoms with van der Waals surface area (Å²) in [7, 11) is 0. The molecule has 18 heavy (non-hydrogen) atoms. The van der Waals surface area contributed by atoms with Gasteiger partial charge in [-0.1, -0.05) is 6.92 Å². The average molecular weight is 248 g/mol. The number of phenols is 1. The minimum Gasteiger partial charge on any atom is -0.508 e. The highest BCUT2D eigenvalue weighted by molar-refractivity contribution is 5.89. The van der Waals surface area contributed by atoms with Crippen molar-refractivity contribution in [1.82, 2.24) is 10.2 Å². The molecule has 0 atom stereocenters. The summed E-state index contributed by atoms with van der Waals surface area (Å²) in [5.74, 6) is 0.354. The minimum absolute atomic E-state index is 0.0628. The number of hydrogen-bond donors (Lipinski definition) is 1. The summed E-state index contributed by atoms with van der Waals surface area (Å²) >= 11 is 0. The lowest BCUT2D eigenvalue weighted by Gasteiger charge is -2.01. The van der Waals surface area contributed by atoms with Gasteiger partial charge >= 0.3 is 5.97 Å². The van der Waals surface area contributed by atoms with Crippen LogP contribution >= 0.6 is 0 Å². The van der Waals surface area contributed by atoms with Gasteiger partial charge < -0.3 is 14.3 Å². The smallest absolute Gasteiger partial charge is 0.338 e. The lowest BCUT2D eigenvalue weighted by Crippen LogP contribution is -2.05. The third kappa shape index (κ3) is 2.85. The molecular weight excluding hydrogens is 236 g/mol. The predicted octanol–water partition coefficient (Wildman–Crippen LogP) is 1.69. The van der Waals surface area contributed by atoms with E-state index in [2.05, 4.69) is 10.2 Å². The second kappa shape index (κ2) is 5.31. The Bertz CT molecular complexity index is 533. The first kappa shape index (κ1) is 12.1. The van der Waals surface area contributed by atoms with Crippen LogP contribution in [0.25, 0.3) is 0 Å². The Morgan fingerprint density at radius 1 is 1.28 bits per heavy atom. The molecule has 0 fully saturated rings. The van der Waals surface area contributed by atoms with Crippen LogP contribution in [0.3, 0.4) is 0 Å². The normalized spacial score (nSPS) is 10.3. The molecule has 0 aliphatic heterocycles. The Labute approximate surface area is 103 Å². The van der Waals surface area contributed by atoms with Crippen LogP contribution in [0.2, 0.25) is 0 Å². The Hall–Kier alpha value is -2.37. The molecule has 1 heterocycles. The Morgan fingerprint density at radius 2 is 1.94 bits per heavy atom. The summed E-state index contributed by atoms with van der Waals surface area (Å²) in [4.78, 5) is 11.6. The van der Waals surface area contributed by atoms with Gasteiger partial charge in [0, 0.05) is 6.42 Å². The molecule has 0 aliphatic carbocycles. The van der Waals surface area contributed by atoms with Crippen LogP contribution in [0.5, 0.6) is 5.75 Å². The molecular formula is C12H12N2O4. The van der Waals surface area contributed by atoms with Gasteiger partial charge in [-0.05, 0) is 24.3 Å². The lowest BCUT2D eigenvalue weighted by molar-refractivity contribution is 0.0436. The van der Waals surface area contributed by atoms with Gasteiger partial charge in [0.05, 0.1) is 5.56 Å². The number of aromatic nitrogens is 2. The summed E-state index contributed by atoms with van der Waals surface area (Å²) in [5.41, 5.74) is 0.350. The fraction of sp³-hybridized carbons (Fsp3) is 0.250. The molecule has 0 aliphatic rings. The molecule has 94 valence electrons. The van der Waals surface area contributed by atoms with Crippen LogP contribution in [0.15, 0.2) is 28.7 Å². The van der Waals surface area contributed by atoms with Crippen molar-refractivity contribution in [2.45, 2.75) is 20.0 Å². The Balaban J connectivity index is 1.93. The number of esters is 1. The summed E-state index contributed by atoms with van der Waals surface area (Å²) < 4.78 is 10.2. The topological polar surface area (TPSA) is 85.5 Å². The van der Waals surface area contributed by atoms with Crippen molar-refractivity contribution in [1.29, 1.82) is 0 Å². The third-order valence-electron chi connectivity index (χ3n) is 2.24. The van der Waals surface area contributed by atoms with E-state index in [9.17, 15) is 4.79 Å². The van der Waals surface area contributed by atoms with E-state index in [1.807, 2.05) is 6.92 Å². The second-order valence-electron chi connectivity index (χ2n) is 3.57. The number of carbonyl (C=O) groups is 1. The molecule has 1 N–H and O–H groups in total. The van der Waals surface area contributed by atoms with E-state index in [1.165, 1.54) is 24.3 Å². The molecule has 2 rings (SSSR count). The monoisotopic (exact) mass is 248 g/mol. The molecule has 0 saturated heterocycles. The van der Waals surface area contributed by atoms with Crippen molar-refractivity contribution in [2.24, 2.45) is 0 Å². The number of carbonyl (C=O) groups excluding carboxylic acids is 1. The first-order valence-corrected chi connectivity index (χ1v) is 5.46. The van der Waals surface area contributed by atoms with Crippen molar-refractivity contribution < 1.29 is 19.1 Å². The minimum atomic E-state index is -0.508. The number of hydrogen-bond acceptors (Lipinski definition) is 6. The molecule has 2 aromatic rings. The van der Waals surface area contributed by atoms with E-state index in [0.29, 0.717) is 17.9 Å². The zero-order valence-corrected chi connectivity index (χ0v) is 9.79. The van der Waals surface area contributed by atoms with Crippen LogP contribution in [0, 0.1) is 0 Å². The van der Waals surface area contributed by atoms with Gasteiger partial charge in [0.2, 0.25) is 5.89 Å². The van der Waals surface area contributed by atoms with E-state index >= 15 is 0 Å². The summed E-state index contributed by atoms with van der Waals surface area (Å²) in [5, 5.41) is 16.6. The zero-order chi connectivity index (χ0) is 13.0. The van der Waals surface area contributed by atoms with Crippen molar-refractivity contribution in [3.8, 4) is 5.75 Å². The van der Waals surface area contributed by atoms with E-state index in [-0.39, 0.29) is 18.2 Å². The van der Waals surface area contributed by atoms with Gasteiger partial charge in [0.25, 0.3) is 5.89 Å². The molecule has 1 aromatic carbocycles. The zero-order valence-electron chi connectivity index (χ0n) is 9.79. The molecule has 6 nitrogen and oxygen atoms in total. The largest absolute Gasteiger partial charge is 0.508 e. The number of nitrogens with zero attached hydrogens (tertiary/aromatic N) is 2. The van der Waals surface area contributed by atoms with Crippen LogP contribution in [-0.2, 0) is 17.8 Å². The Kier molecular flexibility index (Phi) is 3.57. The summed E-state index contributed by atoms with van der Waals surface area (Å²) in [6.07, 6.45) is 0.638. The molecule has 6 heteroatoms.